The monoisotopic (exact) mass is 369 g/mol. The minimum atomic E-state index is -3.90. The van der Waals surface area contributed by atoms with Gasteiger partial charge in [0, 0.05) is 0 Å². The summed E-state index contributed by atoms with van der Waals surface area (Å²) in [7, 11) is -3.90. The summed E-state index contributed by atoms with van der Waals surface area (Å²) < 4.78 is 39.6. The van der Waals surface area contributed by atoms with Crippen molar-refractivity contribution in [3.8, 4) is 6.07 Å². The first-order valence-corrected chi connectivity index (χ1v) is 8.84. The van der Waals surface area contributed by atoms with Crippen LogP contribution in [0.15, 0.2) is 65.6 Å². The van der Waals surface area contributed by atoms with E-state index >= 15 is 0 Å². The van der Waals surface area contributed by atoms with Crippen LogP contribution in [-0.2, 0) is 10.0 Å². The molecule has 0 aliphatic rings. The predicted molar refractivity (Wildman–Crippen MR) is 93.7 cm³/mol. The lowest BCUT2D eigenvalue weighted by Crippen LogP contribution is -2.14. The van der Waals surface area contributed by atoms with Crippen molar-refractivity contribution < 1.29 is 12.8 Å². The molecule has 0 saturated carbocycles. The lowest BCUT2D eigenvalue weighted by molar-refractivity contribution is 0.599. The van der Waals surface area contributed by atoms with E-state index in [2.05, 4.69) is 26.3 Å². The Hall–Kier alpha value is -3.51. The maximum Gasteiger partial charge on any atom is 0.263 e. The summed E-state index contributed by atoms with van der Waals surface area (Å²) in [6.07, 6.45) is 0. The normalized spacial score (nSPS) is 10.8. The molecule has 130 valence electrons. The van der Waals surface area contributed by atoms with Crippen molar-refractivity contribution in [1.82, 2.24) is 10.2 Å². The molecule has 3 rings (SSSR count). The minimum Gasteiger partial charge on any atom is -0.338 e. The van der Waals surface area contributed by atoms with Crippen molar-refractivity contribution in [3.63, 3.8) is 0 Å². The average molecular weight is 369 g/mol. The number of sulfonamides is 1. The van der Waals surface area contributed by atoms with Crippen LogP contribution in [0.1, 0.15) is 5.56 Å². The molecular weight excluding hydrogens is 357 g/mol. The van der Waals surface area contributed by atoms with E-state index in [1.165, 1.54) is 12.1 Å². The number of benzene rings is 2. The second-order valence-corrected chi connectivity index (χ2v) is 6.83. The van der Waals surface area contributed by atoms with Gasteiger partial charge in [-0.05, 0) is 48.5 Å². The van der Waals surface area contributed by atoms with Crippen LogP contribution >= 0.6 is 0 Å². The molecule has 2 aromatic carbocycles. The molecule has 0 atom stereocenters. The zero-order valence-electron chi connectivity index (χ0n) is 13.2. The van der Waals surface area contributed by atoms with Gasteiger partial charge in [0.2, 0.25) is 0 Å². The number of rotatable bonds is 5. The summed E-state index contributed by atoms with van der Waals surface area (Å²) in [5.41, 5.74) is 0.999. The van der Waals surface area contributed by atoms with E-state index < -0.39 is 15.8 Å². The number of hydrogen-bond donors (Lipinski definition) is 2. The fourth-order valence-electron chi connectivity index (χ4n) is 2.09. The Balaban J connectivity index is 1.75. The van der Waals surface area contributed by atoms with Gasteiger partial charge < -0.3 is 5.32 Å². The summed E-state index contributed by atoms with van der Waals surface area (Å²) in [6.45, 7) is 0. The molecule has 0 unspecified atom stereocenters. The molecule has 0 spiro atoms. The summed E-state index contributed by atoms with van der Waals surface area (Å²) in [5, 5.41) is 19.7. The fourth-order valence-corrected chi connectivity index (χ4v) is 3.09. The third kappa shape index (κ3) is 3.93. The lowest BCUT2D eigenvalue weighted by Gasteiger charge is -2.09. The highest BCUT2D eigenvalue weighted by Crippen LogP contribution is 2.20. The smallest absolute Gasteiger partial charge is 0.263 e. The van der Waals surface area contributed by atoms with Gasteiger partial charge in [-0.3, -0.25) is 4.72 Å². The van der Waals surface area contributed by atoms with Crippen molar-refractivity contribution in [2.24, 2.45) is 0 Å². The standard InChI is InChI=1S/C17H12FN5O2S/c18-13-5-7-14(8-6-13)26(24,25)23-17-10-9-16(21-22-17)20-15-4-2-1-3-12(15)11-19/h1-10H,(H,20,21)(H,22,23). The van der Waals surface area contributed by atoms with Crippen molar-refractivity contribution >= 4 is 27.3 Å². The highest BCUT2D eigenvalue weighted by atomic mass is 32.2. The number of nitrogens with zero attached hydrogens (tertiary/aromatic N) is 3. The Morgan fingerprint density at radius 3 is 2.23 bits per heavy atom. The first-order chi connectivity index (χ1) is 12.5. The molecule has 0 bridgehead atoms. The predicted octanol–water partition coefficient (Wildman–Crippen LogP) is 3.03. The van der Waals surface area contributed by atoms with Gasteiger partial charge in [0.1, 0.15) is 11.9 Å². The Morgan fingerprint density at radius 1 is 0.923 bits per heavy atom. The SMILES string of the molecule is N#Cc1ccccc1Nc1ccc(NS(=O)(=O)c2ccc(F)cc2)nn1. The topological polar surface area (TPSA) is 108 Å². The number of para-hydroxylation sites is 1. The molecule has 9 heteroatoms. The van der Waals surface area contributed by atoms with Crippen molar-refractivity contribution in [1.29, 1.82) is 5.26 Å². The molecule has 0 aliphatic heterocycles. The zero-order valence-corrected chi connectivity index (χ0v) is 14.0. The maximum atomic E-state index is 12.9. The van der Waals surface area contributed by atoms with Crippen molar-refractivity contribution in [2.45, 2.75) is 4.90 Å². The average Bonchev–Trinajstić information content (AvgIpc) is 2.64. The first-order valence-electron chi connectivity index (χ1n) is 7.36. The van der Waals surface area contributed by atoms with Crippen LogP contribution in [0.3, 0.4) is 0 Å². The number of anilines is 3. The molecule has 0 saturated heterocycles. The summed E-state index contributed by atoms with van der Waals surface area (Å²) >= 11 is 0. The molecule has 2 N–H and O–H groups in total. The van der Waals surface area contributed by atoms with Gasteiger partial charge in [0.15, 0.2) is 11.6 Å². The Kier molecular flexibility index (Phi) is 4.77. The van der Waals surface area contributed by atoms with Gasteiger partial charge in [-0.15, -0.1) is 10.2 Å². The Morgan fingerprint density at radius 2 is 1.58 bits per heavy atom. The number of nitriles is 1. The fraction of sp³-hybridized carbons (Fsp3) is 0. The van der Waals surface area contributed by atoms with Crippen molar-refractivity contribution in [2.75, 3.05) is 10.0 Å². The Labute approximate surface area is 149 Å². The number of halogens is 1. The molecule has 26 heavy (non-hydrogen) atoms. The van der Waals surface area contributed by atoms with Crippen LogP contribution < -0.4 is 10.0 Å². The maximum absolute atomic E-state index is 12.9. The van der Waals surface area contributed by atoms with E-state index in [0.29, 0.717) is 17.1 Å². The highest BCUT2D eigenvalue weighted by molar-refractivity contribution is 7.92. The van der Waals surface area contributed by atoms with Gasteiger partial charge in [0.25, 0.3) is 10.0 Å². The second-order valence-electron chi connectivity index (χ2n) is 5.15. The molecule has 0 amide bonds. The Bertz CT molecular complexity index is 1060. The van der Waals surface area contributed by atoms with Gasteiger partial charge in [0.05, 0.1) is 16.1 Å². The molecule has 0 fully saturated rings. The molecule has 0 aliphatic carbocycles. The van der Waals surface area contributed by atoms with Crippen molar-refractivity contribution in [3.05, 3.63) is 72.0 Å². The molecular formula is C17H12FN5O2S. The number of nitrogens with one attached hydrogen (secondary N) is 2. The zero-order chi connectivity index (χ0) is 18.6. The third-order valence-corrected chi connectivity index (χ3v) is 4.71. The van der Waals surface area contributed by atoms with E-state index in [0.717, 1.165) is 24.3 Å². The van der Waals surface area contributed by atoms with E-state index in [-0.39, 0.29) is 10.7 Å². The number of hydrogen-bond acceptors (Lipinski definition) is 6. The third-order valence-electron chi connectivity index (χ3n) is 3.34. The molecule has 0 radical (unpaired) electrons. The van der Waals surface area contributed by atoms with Crippen LogP contribution in [0.5, 0.6) is 0 Å². The van der Waals surface area contributed by atoms with E-state index in [1.807, 2.05) is 0 Å². The molecule has 7 nitrogen and oxygen atoms in total. The number of aromatic nitrogens is 2. The van der Waals surface area contributed by atoms with Crippen LogP contribution in [0.25, 0.3) is 0 Å². The van der Waals surface area contributed by atoms with E-state index in [4.69, 9.17) is 5.26 Å². The lowest BCUT2D eigenvalue weighted by atomic mass is 10.2. The second kappa shape index (κ2) is 7.16. The minimum absolute atomic E-state index is 0.00782. The van der Waals surface area contributed by atoms with Gasteiger partial charge in [-0.2, -0.15) is 5.26 Å². The van der Waals surface area contributed by atoms with E-state index in [9.17, 15) is 12.8 Å². The molecule has 1 aromatic heterocycles. The van der Waals surface area contributed by atoms with Crippen LogP contribution in [0, 0.1) is 17.1 Å². The quantitative estimate of drug-likeness (QED) is 0.716. The summed E-state index contributed by atoms with van der Waals surface area (Å²) in [4.78, 5) is -0.0918. The summed E-state index contributed by atoms with van der Waals surface area (Å²) in [6, 6.07) is 16.3. The van der Waals surface area contributed by atoms with Crippen LogP contribution in [0.4, 0.5) is 21.7 Å². The van der Waals surface area contributed by atoms with E-state index in [1.54, 1.807) is 24.3 Å². The molecule has 1 heterocycles. The highest BCUT2D eigenvalue weighted by Gasteiger charge is 2.15. The van der Waals surface area contributed by atoms with Gasteiger partial charge >= 0.3 is 0 Å². The molecule has 3 aromatic rings. The first kappa shape index (κ1) is 17.3. The summed E-state index contributed by atoms with van der Waals surface area (Å²) in [5.74, 6) is -0.178. The van der Waals surface area contributed by atoms with Crippen LogP contribution in [-0.4, -0.2) is 18.6 Å². The largest absolute Gasteiger partial charge is 0.338 e. The van der Waals surface area contributed by atoms with Gasteiger partial charge in [-0.25, -0.2) is 12.8 Å². The van der Waals surface area contributed by atoms with Gasteiger partial charge in [-0.1, -0.05) is 12.1 Å². The van der Waals surface area contributed by atoms with Crippen LogP contribution in [0.2, 0.25) is 0 Å².